The second-order valence-electron chi connectivity index (χ2n) is 7.45. The molecular weight excluding hydrogens is 412 g/mol. The van der Waals surface area contributed by atoms with Crippen molar-refractivity contribution in [1.82, 2.24) is 0 Å². The van der Waals surface area contributed by atoms with E-state index in [0.717, 1.165) is 33.6 Å². The quantitative estimate of drug-likeness (QED) is 0.459. The molecule has 0 bridgehead atoms. The number of carbonyl (C=O) groups excluding carboxylic acids is 1. The van der Waals surface area contributed by atoms with Gasteiger partial charge in [-0.3, -0.25) is 4.79 Å². The number of nitrogens with one attached hydrogen (secondary N) is 2. The van der Waals surface area contributed by atoms with Gasteiger partial charge in [0.05, 0.1) is 7.11 Å². The minimum absolute atomic E-state index is 0.108. The summed E-state index contributed by atoms with van der Waals surface area (Å²) in [6.45, 7) is 6.46. The van der Waals surface area contributed by atoms with Crippen LogP contribution in [0.25, 0.3) is 0 Å². The Hall–Kier alpha value is -3.18. The SMILES string of the molecule is COc1cc(CNc2cc(Cl)ccc2C)ccc1OCC(=O)Nc1cc(C)ccc1C. The maximum Gasteiger partial charge on any atom is 0.262 e. The lowest BCUT2D eigenvalue weighted by Crippen LogP contribution is -2.21. The number of benzene rings is 3. The summed E-state index contributed by atoms with van der Waals surface area (Å²) in [5.41, 5.74) is 5.99. The van der Waals surface area contributed by atoms with Gasteiger partial charge in [-0.25, -0.2) is 0 Å². The topological polar surface area (TPSA) is 59.6 Å². The third-order valence-corrected chi connectivity index (χ3v) is 5.17. The van der Waals surface area contributed by atoms with Crippen molar-refractivity contribution in [3.8, 4) is 11.5 Å². The fourth-order valence-electron chi connectivity index (χ4n) is 3.12. The molecule has 0 aliphatic carbocycles. The maximum atomic E-state index is 12.3. The summed E-state index contributed by atoms with van der Waals surface area (Å²) < 4.78 is 11.2. The average Bonchev–Trinajstić information content (AvgIpc) is 2.75. The molecule has 31 heavy (non-hydrogen) atoms. The molecule has 0 saturated carbocycles. The van der Waals surface area contributed by atoms with E-state index in [9.17, 15) is 4.79 Å². The molecule has 0 radical (unpaired) electrons. The molecule has 6 heteroatoms. The number of hydrogen-bond acceptors (Lipinski definition) is 4. The molecule has 0 heterocycles. The zero-order chi connectivity index (χ0) is 22.4. The van der Waals surface area contributed by atoms with Crippen LogP contribution in [0.5, 0.6) is 11.5 Å². The van der Waals surface area contributed by atoms with Crippen LogP contribution < -0.4 is 20.1 Å². The van der Waals surface area contributed by atoms with Crippen LogP contribution >= 0.6 is 11.6 Å². The number of rotatable bonds is 8. The van der Waals surface area contributed by atoms with Crippen LogP contribution in [0.15, 0.2) is 54.6 Å². The lowest BCUT2D eigenvalue weighted by molar-refractivity contribution is -0.118. The Bertz CT molecular complexity index is 1080. The highest BCUT2D eigenvalue weighted by molar-refractivity contribution is 6.30. The molecular formula is C25H27ClN2O3. The van der Waals surface area contributed by atoms with E-state index in [-0.39, 0.29) is 12.5 Å². The van der Waals surface area contributed by atoms with Crippen molar-refractivity contribution in [2.45, 2.75) is 27.3 Å². The average molecular weight is 439 g/mol. The number of aryl methyl sites for hydroxylation is 3. The largest absolute Gasteiger partial charge is 0.493 e. The summed E-state index contributed by atoms with van der Waals surface area (Å²) in [5.74, 6) is 0.862. The Labute approximate surface area is 188 Å². The van der Waals surface area contributed by atoms with E-state index in [1.54, 1.807) is 7.11 Å². The van der Waals surface area contributed by atoms with E-state index in [4.69, 9.17) is 21.1 Å². The minimum Gasteiger partial charge on any atom is -0.493 e. The molecule has 0 unspecified atom stereocenters. The molecule has 3 rings (SSSR count). The van der Waals surface area contributed by atoms with Gasteiger partial charge in [0.1, 0.15) is 0 Å². The number of ether oxygens (including phenoxy) is 2. The van der Waals surface area contributed by atoms with E-state index in [2.05, 4.69) is 10.6 Å². The molecule has 0 aliphatic rings. The first-order valence-electron chi connectivity index (χ1n) is 10.0. The Morgan fingerprint density at radius 3 is 2.42 bits per heavy atom. The van der Waals surface area contributed by atoms with E-state index in [1.165, 1.54) is 0 Å². The van der Waals surface area contributed by atoms with Gasteiger partial charge in [0.15, 0.2) is 18.1 Å². The molecule has 0 saturated heterocycles. The van der Waals surface area contributed by atoms with Crippen molar-refractivity contribution in [2.24, 2.45) is 0 Å². The van der Waals surface area contributed by atoms with Crippen LogP contribution in [-0.2, 0) is 11.3 Å². The third-order valence-electron chi connectivity index (χ3n) is 4.94. The monoisotopic (exact) mass is 438 g/mol. The molecule has 2 N–H and O–H groups in total. The molecule has 0 fully saturated rings. The third kappa shape index (κ3) is 6.15. The van der Waals surface area contributed by atoms with Crippen molar-refractivity contribution >= 4 is 28.9 Å². The van der Waals surface area contributed by atoms with Gasteiger partial charge < -0.3 is 20.1 Å². The molecule has 0 atom stereocenters. The maximum absolute atomic E-state index is 12.3. The molecule has 3 aromatic carbocycles. The smallest absolute Gasteiger partial charge is 0.262 e. The van der Waals surface area contributed by atoms with Gasteiger partial charge in [0, 0.05) is 22.9 Å². The number of anilines is 2. The zero-order valence-electron chi connectivity index (χ0n) is 18.2. The van der Waals surface area contributed by atoms with E-state index in [0.29, 0.717) is 23.1 Å². The summed E-state index contributed by atoms with van der Waals surface area (Å²) in [4.78, 5) is 12.3. The Morgan fingerprint density at radius 1 is 0.903 bits per heavy atom. The lowest BCUT2D eigenvalue weighted by Gasteiger charge is -2.14. The van der Waals surface area contributed by atoms with E-state index in [1.807, 2.05) is 75.4 Å². The molecule has 0 spiro atoms. The standard InChI is InChI=1S/C25H27ClN2O3/c1-16-5-6-18(3)22(11-16)28-25(29)15-31-23-10-8-19(12-24(23)30-4)14-27-21-13-20(26)9-7-17(21)2/h5-13,27H,14-15H2,1-4H3,(H,28,29). The number of methoxy groups -OCH3 is 1. The van der Waals surface area contributed by atoms with E-state index >= 15 is 0 Å². The first kappa shape index (κ1) is 22.5. The van der Waals surface area contributed by atoms with Crippen LogP contribution in [0.3, 0.4) is 0 Å². The highest BCUT2D eigenvalue weighted by Gasteiger charge is 2.10. The molecule has 3 aromatic rings. The Morgan fingerprint density at radius 2 is 1.65 bits per heavy atom. The molecule has 162 valence electrons. The summed E-state index contributed by atoms with van der Waals surface area (Å²) >= 11 is 6.09. The van der Waals surface area contributed by atoms with Gasteiger partial charge >= 0.3 is 0 Å². The van der Waals surface area contributed by atoms with Gasteiger partial charge in [0.2, 0.25) is 0 Å². The fourth-order valence-corrected chi connectivity index (χ4v) is 3.30. The van der Waals surface area contributed by atoms with Gasteiger partial charge in [-0.15, -0.1) is 0 Å². The van der Waals surface area contributed by atoms with Crippen molar-refractivity contribution in [3.63, 3.8) is 0 Å². The van der Waals surface area contributed by atoms with Gasteiger partial charge in [-0.1, -0.05) is 35.9 Å². The number of hydrogen-bond donors (Lipinski definition) is 2. The van der Waals surface area contributed by atoms with Gasteiger partial charge in [0.25, 0.3) is 5.91 Å². The predicted molar refractivity (Wildman–Crippen MR) is 127 cm³/mol. The number of amides is 1. The summed E-state index contributed by atoms with van der Waals surface area (Å²) in [7, 11) is 1.58. The second-order valence-corrected chi connectivity index (χ2v) is 7.89. The molecule has 0 aliphatic heterocycles. The predicted octanol–water partition coefficient (Wildman–Crippen LogP) is 5.90. The zero-order valence-corrected chi connectivity index (χ0v) is 19.0. The first-order chi connectivity index (χ1) is 14.9. The van der Waals surface area contributed by atoms with Gasteiger partial charge in [-0.2, -0.15) is 0 Å². The van der Waals surface area contributed by atoms with Gasteiger partial charge in [-0.05, 0) is 73.4 Å². The highest BCUT2D eigenvalue weighted by atomic mass is 35.5. The second kappa shape index (κ2) is 10.2. The summed E-state index contributed by atoms with van der Waals surface area (Å²) in [6, 6.07) is 17.3. The van der Waals surface area contributed by atoms with Crippen LogP contribution in [0, 0.1) is 20.8 Å². The normalized spacial score (nSPS) is 10.5. The minimum atomic E-state index is -0.224. The van der Waals surface area contributed by atoms with Crippen LogP contribution in [0.2, 0.25) is 5.02 Å². The van der Waals surface area contributed by atoms with Crippen molar-refractivity contribution in [3.05, 3.63) is 81.9 Å². The number of halogens is 1. The summed E-state index contributed by atoms with van der Waals surface area (Å²) in [6.07, 6.45) is 0. The molecule has 1 amide bonds. The summed E-state index contributed by atoms with van der Waals surface area (Å²) in [5, 5.41) is 6.96. The van der Waals surface area contributed by atoms with Crippen molar-refractivity contribution in [1.29, 1.82) is 0 Å². The number of carbonyl (C=O) groups is 1. The van der Waals surface area contributed by atoms with Crippen LogP contribution in [0.4, 0.5) is 11.4 Å². The highest BCUT2D eigenvalue weighted by Crippen LogP contribution is 2.29. The van der Waals surface area contributed by atoms with Crippen LogP contribution in [0.1, 0.15) is 22.3 Å². The molecule has 5 nitrogen and oxygen atoms in total. The van der Waals surface area contributed by atoms with Crippen molar-refractivity contribution in [2.75, 3.05) is 24.4 Å². The van der Waals surface area contributed by atoms with E-state index < -0.39 is 0 Å². The Balaban J connectivity index is 1.61. The lowest BCUT2D eigenvalue weighted by atomic mass is 10.1. The fraction of sp³-hybridized carbons (Fsp3) is 0.240. The first-order valence-corrected chi connectivity index (χ1v) is 10.4. The molecule has 0 aromatic heterocycles. The Kier molecular flexibility index (Phi) is 7.42. The van der Waals surface area contributed by atoms with Crippen molar-refractivity contribution < 1.29 is 14.3 Å². The van der Waals surface area contributed by atoms with Crippen LogP contribution in [-0.4, -0.2) is 19.6 Å².